The second kappa shape index (κ2) is 8.68. The molecule has 1 aliphatic carbocycles. The van der Waals surface area contributed by atoms with Crippen molar-refractivity contribution in [3.63, 3.8) is 0 Å². The van der Waals surface area contributed by atoms with Crippen LogP contribution in [0, 0.1) is 6.92 Å². The quantitative estimate of drug-likeness (QED) is 0.710. The van der Waals surface area contributed by atoms with Crippen LogP contribution in [0.3, 0.4) is 0 Å². The Morgan fingerprint density at radius 3 is 2.59 bits per heavy atom. The molecule has 156 valence electrons. The monoisotopic (exact) mass is 400 g/mol. The van der Waals surface area contributed by atoms with Gasteiger partial charge in [-0.05, 0) is 63.6 Å². The van der Waals surface area contributed by atoms with Crippen LogP contribution in [0.15, 0.2) is 21.3 Å². The van der Waals surface area contributed by atoms with E-state index in [0.717, 1.165) is 42.2 Å². The number of aryl methyl sites for hydroxylation is 2. The lowest BCUT2D eigenvalue weighted by Gasteiger charge is -2.23. The van der Waals surface area contributed by atoms with Gasteiger partial charge in [0.2, 0.25) is 0 Å². The Morgan fingerprint density at radius 1 is 1.24 bits per heavy atom. The van der Waals surface area contributed by atoms with Crippen molar-refractivity contribution in [3.05, 3.63) is 39.2 Å². The maximum Gasteiger partial charge on any atom is 0.339 e. The minimum absolute atomic E-state index is 0.284. The fourth-order valence-electron chi connectivity index (χ4n) is 3.82. The summed E-state index contributed by atoms with van der Waals surface area (Å²) in [5, 5.41) is 14.5. The van der Waals surface area contributed by atoms with Gasteiger partial charge in [-0.1, -0.05) is 13.3 Å². The van der Waals surface area contributed by atoms with Crippen molar-refractivity contribution in [1.29, 1.82) is 0 Å². The van der Waals surface area contributed by atoms with E-state index in [1.165, 1.54) is 0 Å². The number of hydrogen-bond acceptors (Lipinski definition) is 6. The SMILES string of the molecule is CCC[C@@H](NC(=O)[C@H](C)Oc1ccc2c3c(c(=O)oc2c1C)CCCC3)C(=O)[O-]. The van der Waals surface area contributed by atoms with Crippen molar-refractivity contribution < 1.29 is 23.8 Å². The highest BCUT2D eigenvalue weighted by molar-refractivity contribution is 5.87. The average molecular weight is 400 g/mol. The number of fused-ring (bicyclic) bond motifs is 3. The van der Waals surface area contributed by atoms with E-state index in [9.17, 15) is 19.5 Å². The number of carboxylic acid groups (broad SMARTS) is 1. The molecule has 0 fully saturated rings. The van der Waals surface area contributed by atoms with Crippen molar-refractivity contribution >= 4 is 22.8 Å². The van der Waals surface area contributed by atoms with E-state index in [0.29, 0.717) is 23.3 Å². The molecule has 7 heteroatoms. The smallest absolute Gasteiger partial charge is 0.339 e. The third kappa shape index (κ3) is 4.28. The normalized spacial score (nSPS) is 15.4. The zero-order chi connectivity index (χ0) is 21.1. The zero-order valence-electron chi connectivity index (χ0n) is 17.0. The van der Waals surface area contributed by atoms with Crippen LogP contribution in [0.5, 0.6) is 5.75 Å². The Morgan fingerprint density at radius 2 is 1.93 bits per heavy atom. The number of carbonyl (C=O) groups is 2. The molecule has 1 aromatic heterocycles. The van der Waals surface area contributed by atoms with Gasteiger partial charge in [0.25, 0.3) is 5.91 Å². The number of carbonyl (C=O) groups excluding carboxylic acids is 2. The molecule has 0 saturated carbocycles. The zero-order valence-corrected chi connectivity index (χ0v) is 17.0. The summed E-state index contributed by atoms with van der Waals surface area (Å²) in [6, 6.07) is 2.57. The second-order valence-corrected chi connectivity index (χ2v) is 7.55. The number of carboxylic acids is 1. The van der Waals surface area contributed by atoms with Gasteiger partial charge in [-0.3, -0.25) is 4.79 Å². The van der Waals surface area contributed by atoms with Gasteiger partial charge >= 0.3 is 5.63 Å². The topological polar surface area (TPSA) is 109 Å². The maximum absolute atomic E-state index is 12.4. The Labute approximate surface area is 169 Å². The van der Waals surface area contributed by atoms with Crippen LogP contribution in [-0.2, 0) is 22.4 Å². The summed E-state index contributed by atoms with van der Waals surface area (Å²) in [5.41, 5.74) is 2.60. The number of nitrogens with one attached hydrogen (secondary N) is 1. The lowest BCUT2D eigenvalue weighted by molar-refractivity contribution is -0.308. The number of ether oxygens (including phenoxy) is 1. The molecule has 3 rings (SSSR count). The third-order valence-corrected chi connectivity index (χ3v) is 5.44. The molecular weight excluding hydrogens is 374 g/mol. The Hall–Kier alpha value is -2.83. The van der Waals surface area contributed by atoms with E-state index in [2.05, 4.69) is 5.32 Å². The van der Waals surface area contributed by atoms with Gasteiger partial charge in [-0.2, -0.15) is 0 Å². The van der Waals surface area contributed by atoms with Gasteiger partial charge in [-0.15, -0.1) is 0 Å². The Kier molecular flexibility index (Phi) is 6.25. The lowest BCUT2D eigenvalue weighted by atomic mass is 9.90. The summed E-state index contributed by atoms with van der Waals surface area (Å²) >= 11 is 0. The van der Waals surface area contributed by atoms with E-state index < -0.39 is 24.0 Å². The summed E-state index contributed by atoms with van der Waals surface area (Å²) < 4.78 is 11.3. The molecule has 0 aliphatic heterocycles. The molecule has 1 aromatic carbocycles. The molecule has 29 heavy (non-hydrogen) atoms. The number of benzene rings is 1. The number of hydrogen-bond donors (Lipinski definition) is 1. The largest absolute Gasteiger partial charge is 0.548 e. The second-order valence-electron chi connectivity index (χ2n) is 7.55. The lowest BCUT2D eigenvalue weighted by Crippen LogP contribution is -2.51. The van der Waals surface area contributed by atoms with E-state index in [4.69, 9.17) is 9.15 Å². The summed E-state index contributed by atoms with van der Waals surface area (Å²) in [6.45, 7) is 5.15. The van der Waals surface area contributed by atoms with Crippen LogP contribution in [0.25, 0.3) is 11.0 Å². The first-order valence-corrected chi connectivity index (χ1v) is 10.1. The predicted molar refractivity (Wildman–Crippen MR) is 106 cm³/mol. The molecule has 2 aromatic rings. The van der Waals surface area contributed by atoms with Crippen LogP contribution in [-0.4, -0.2) is 24.0 Å². The van der Waals surface area contributed by atoms with Crippen molar-refractivity contribution in [2.75, 3.05) is 0 Å². The number of amides is 1. The predicted octanol–water partition coefficient (Wildman–Crippen LogP) is 1.78. The molecule has 0 spiro atoms. The van der Waals surface area contributed by atoms with Crippen LogP contribution in [0.4, 0.5) is 0 Å². The Balaban J connectivity index is 1.85. The van der Waals surface area contributed by atoms with Crippen molar-refractivity contribution in [1.82, 2.24) is 5.32 Å². The molecule has 0 saturated heterocycles. The van der Waals surface area contributed by atoms with Crippen LogP contribution in [0.1, 0.15) is 56.2 Å². The van der Waals surface area contributed by atoms with Gasteiger partial charge in [0, 0.05) is 16.5 Å². The molecule has 0 bridgehead atoms. The van der Waals surface area contributed by atoms with Crippen LogP contribution >= 0.6 is 0 Å². The van der Waals surface area contributed by atoms with Gasteiger partial charge in [0.05, 0.1) is 12.0 Å². The first kappa shape index (κ1) is 20.9. The highest BCUT2D eigenvalue weighted by Crippen LogP contribution is 2.32. The molecule has 7 nitrogen and oxygen atoms in total. The molecule has 1 aliphatic rings. The third-order valence-electron chi connectivity index (χ3n) is 5.44. The van der Waals surface area contributed by atoms with Crippen molar-refractivity contribution in [3.8, 4) is 5.75 Å². The number of rotatable bonds is 7. The first-order valence-electron chi connectivity index (χ1n) is 10.1. The molecule has 0 unspecified atom stereocenters. The van der Waals surface area contributed by atoms with Crippen LogP contribution in [0.2, 0.25) is 0 Å². The van der Waals surface area contributed by atoms with Crippen molar-refractivity contribution in [2.45, 2.75) is 71.4 Å². The molecule has 2 atom stereocenters. The van der Waals surface area contributed by atoms with E-state index in [1.54, 1.807) is 19.9 Å². The average Bonchev–Trinajstić information content (AvgIpc) is 2.70. The van der Waals surface area contributed by atoms with Gasteiger partial charge in [0.15, 0.2) is 6.10 Å². The minimum Gasteiger partial charge on any atom is -0.548 e. The molecular formula is C22H26NO6-. The molecule has 0 radical (unpaired) electrons. The summed E-state index contributed by atoms with van der Waals surface area (Å²) in [7, 11) is 0. The van der Waals surface area contributed by atoms with Crippen LogP contribution < -0.4 is 20.8 Å². The highest BCUT2D eigenvalue weighted by Gasteiger charge is 2.23. The first-order chi connectivity index (χ1) is 13.8. The molecule has 1 N–H and O–H groups in total. The fraction of sp³-hybridized carbons (Fsp3) is 0.500. The minimum atomic E-state index is -1.32. The summed E-state index contributed by atoms with van der Waals surface area (Å²) in [6.07, 6.45) is 3.57. The molecule has 1 heterocycles. The molecule has 1 amide bonds. The van der Waals surface area contributed by atoms with E-state index in [-0.39, 0.29) is 12.0 Å². The van der Waals surface area contributed by atoms with E-state index >= 15 is 0 Å². The highest BCUT2D eigenvalue weighted by atomic mass is 16.5. The summed E-state index contributed by atoms with van der Waals surface area (Å²) in [4.78, 5) is 35.9. The number of aliphatic carboxylic acids is 1. The summed E-state index contributed by atoms with van der Waals surface area (Å²) in [5.74, 6) is -1.44. The van der Waals surface area contributed by atoms with Crippen molar-refractivity contribution in [2.24, 2.45) is 0 Å². The standard InChI is InChI=1S/C22H27NO6/c1-4-7-17(21(25)26)23-20(24)13(3)28-18-11-10-15-14-8-5-6-9-16(14)22(27)29-19(15)12(18)2/h10-11,13,17H,4-9H2,1-3H3,(H,23,24)(H,25,26)/p-1/t13-,17+/m0/s1. The van der Waals surface area contributed by atoms with Gasteiger partial charge < -0.3 is 24.4 Å². The van der Waals surface area contributed by atoms with Gasteiger partial charge in [-0.25, -0.2) is 4.79 Å². The van der Waals surface area contributed by atoms with E-state index in [1.807, 2.05) is 13.0 Å². The Bertz CT molecular complexity index is 993. The fourth-order valence-corrected chi connectivity index (χ4v) is 3.82. The maximum atomic E-state index is 12.4. The van der Waals surface area contributed by atoms with Gasteiger partial charge in [0.1, 0.15) is 11.3 Å².